The summed E-state index contributed by atoms with van der Waals surface area (Å²) in [4.78, 5) is 0. The highest BCUT2D eigenvalue weighted by Crippen LogP contribution is 2.60. The van der Waals surface area contributed by atoms with Crippen molar-refractivity contribution < 1.29 is 0 Å². The fourth-order valence-electron chi connectivity index (χ4n) is 7.29. The molecule has 5 aromatic carbocycles. The van der Waals surface area contributed by atoms with Gasteiger partial charge in [0.05, 0.1) is 0 Å². The van der Waals surface area contributed by atoms with E-state index >= 15 is 0 Å². The van der Waals surface area contributed by atoms with E-state index < -0.39 is 0 Å². The monoisotopic (exact) mass is 586 g/mol. The predicted molar refractivity (Wildman–Crippen MR) is 196 cm³/mol. The molecule has 0 heterocycles. The molecule has 6 rings (SSSR count). The highest BCUT2D eigenvalue weighted by atomic mass is 14.4. The van der Waals surface area contributed by atoms with Crippen LogP contribution in [0.1, 0.15) is 89.4 Å². The van der Waals surface area contributed by atoms with Crippen molar-refractivity contribution in [3.8, 4) is 0 Å². The molecule has 1 aliphatic carbocycles. The zero-order chi connectivity index (χ0) is 32.2. The first-order valence-electron chi connectivity index (χ1n) is 16.3. The van der Waals surface area contributed by atoms with E-state index in [9.17, 15) is 0 Å². The van der Waals surface area contributed by atoms with Crippen LogP contribution >= 0.6 is 0 Å². The summed E-state index contributed by atoms with van der Waals surface area (Å²) in [6, 6.07) is 35.0. The molecule has 0 saturated carbocycles. The van der Waals surface area contributed by atoms with Gasteiger partial charge in [0, 0.05) is 5.92 Å². The molecule has 0 aromatic heterocycles. The molecule has 0 aliphatic heterocycles. The first kappa shape index (κ1) is 30.6. The minimum Gasteiger partial charge on any atom is -0.0590 e. The van der Waals surface area contributed by atoms with Crippen molar-refractivity contribution >= 4 is 22.3 Å². The third-order valence-corrected chi connectivity index (χ3v) is 9.80. The van der Waals surface area contributed by atoms with Crippen LogP contribution in [0.2, 0.25) is 0 Å². The molecule has 0 bridgehead atoms. The molecule has 45 heavy (non-hydrogen) atoms. The lowest BCUT2D eigenvalue weighted by atomic mass is 9.77. The highest BCUT2D eigenvalue weighted by molar-refractivity contribution is 6.30. The molecule has 5 aromatic rings. The lowest BCUT2D eigenvalue weighted by molar-refractivity contribution is 1.09. The molecular formula is C45H46. The molecule has 0 saturated heterocycles. The van der Waals surface area contributed by atoms with Gasteiger partial charge in [0.1, 0.15) is 0 Å². The van der Waals surface area contributed by atoms with Crippen molar-refractivity contribution in [1.82, 2.24) is 0 Å². The summed E-state index contributed by atoms with van der Waals surface area (Å²) in [5, 5.41) is 0. The molecule has 0 heteroatoms. The smallest absolute Gasteiger partial charge is 0.0367 e. The number of benzene rings is 5. The van der Waals surface area contributed by atoms with Crippen molar-refractivity contribution in [2.24, 2.45) is 0 Å². The van der Waals surface area contributed by atoms with Crippen LogP contribution in [0.15, 0.2) is 91.0 Å². The SMILES string of the molecule is Cc1ccc(C)c(C2=C(c3cc(C)ccc3C)C(c3cc(C)ccc3C)C(c3cc(C)ccc3C)=C2c2cc(C)ccc2C)c1. The maximum atomic E-state index is 2.45. The van der Waals surface area contributed by atoms with E-state index in [1.165, 1.54) is 106 Å². The average molecular weight is 587 g/mol. The van der Waals surface area contributed by atoms with E-state index in [0.29, 0.717) is 0 Å². The summed E-state index contributed by atoms with van der Waals surface area (Å²) in [7, 11) is 0. The lowest BCUT2D eigenvalue weighted by Crippen LogP contribution is -2.08. The Morgan fingerprint density at radius 1 is 0.311 bits per heavy atom. The van der Waals surface area contributed by atoms with Gasteiger partial charge in [-0.1, -0.05) is 119 Å². The second-order valence-corrected chi connectivity index (χ2v) is 13.6. The molecule has 0 spiro atoms. The number of rotatable bonds is 5. The van der Waals surface area contributed by atoms with Crippen molar-refractivity contribution in [3.63, 3.8) is 0 Å². The van der Waals surface area contributed by atoms with Gasteiger partial charge in [0.2, 0.25) is 0 Å². The number of aryl methyl sites for hydroxylation is 10. The quantitative estimate of drug-likeness (QED) is 0.192. The van der Waals surface area contributed by atoms with Gasteiger partial charge in [-0.3, -0.25) is 0 Å². The molecule has 0 fully saturated rings. The molecule has 0 unspecified atom stereocenters. The standard InChI is InChI=1S/C45H46/c1-26-11-16-31(6)36(21-26)41-42(37-22-27(2)12-17-32(37)7)44(39-24-29(4)14-19-34(39)9)45(40-25-30(5)15-20-35(40)10)43(41)38-23-28(3)13-18-33(38)8/h11-25,41H,1-10H3. The summed E-state index contributed by atoms with van der Waals surface area (Å²) in [6.45, 7) is 22.6. The first-order valence-corrected chi connectivity index (χ1v) is 16.3. The van der Waals surface area contributed by atoms with Gasteiger partial charge in [-0.25, -0.2) is 0 Å². The second-order valence-electron chi connectivity index (χ2n) is 13.6. The third kappa shape index (κ3) is 5.53. The van der Waals surface area contributed by atoms with Crippen LogP contribution in [0, 0.1) is 69.2 Å². The summed E-state index contributed by atoms with van der Waals surface area (Å²) < 4.78 is 0. The molecule has 0 atom stereocenters. The van der Waals surface area contributed by atoms with Crippen LogP contribution in [-0.4, -0.2) is 0 Å². The van der Waals surface area contributed by atoms with Crippen molar-refractivity contribution in [2.75, 3.05) is 0 Å². The Bertz CT molecular complexity index is 1920. The van der Waals surface area contributed by atoms with Crippen molar-refractivity contribution in [2.45, 2.75) is 75.2 Å². The molecule has 0 radical (unpaired) electrons. The topological polar surface area (TPSA) is 0 Å². The minimum atomic E-state index is 0.0655. The van der Waals surface area contributed by atoms with Gasteiger partial charge in [-0.15, -0.1) is 0 Å². The van der Waals surface area contributed by atoms with Gasteiger partial charge < -0.3 is 0 Å². The minimum absolute atomic E-state index is 0.0655. The molecule has 0 nitrogen and oxygen atoms in total. The maximum Gasteiger partial charge on any atom is 0.0367 e. The van der Waals surface area contributed by atoms with Crippen LogP contribution in [0.25, 0.3) is 22.3 Å². The summed E-state index contributed by atoms with van der Waals surface area (Å²) in [5.74, 6) is 0.0655. The van der Waals surface area contributed by atoms with Crippen LogP contribution in [-0.2, 0) is 0 Å². The van der Waals surface area contributed by atoms with Gasteiger partial charge in [0.25, 0.3) is 0 Å². The van der Waals surface area contributed by atoms with E-state index in [4.69, 9.17) is 0 Å². The van der Waals surface area contributed by atoms with Crippen LogP contribution in [0.4, 0.5) is 0 Å². The van der Waals surface area contributed by atoms with Crippen molar-refractivity contribution in [3.05, 3.63) is 174 Å². The Balaban J connectivity index is 1.93. The van der Waals surface area contributed by atoms with Gasteiger partial charge >= 0.3 is 0 Å². The molecular weight excluding hydrogens is 540 g/mol. The Morgan fingerprint density at radius 2 is 0.600 bits per heavy atom. The molecule has 226 valence electrons. The van der Waals surface area contributed by atoms with E-state index in [0.717, 1.165) is 0 Å². The molecule has 0 amide bonds. The molecule has 1 aliphatic rings. The Hall–Kier alpha value is -4.42. The summed E-state index contributed by atoms with van der Waals surface area (Å²) in [5.41, 5.74) is 25.4. The Labute approximate surface area is 271 Å². The van der Waals surface area contributed by atoms with E-state index in [1.807, 2.05) is 0 Å². The highest BCUT2D eigenvalue weighted by Gasteiger charge is 2.40. The van der Waals surface area contributed by atoms with Crippen LogP contribution < -0.4 is 0 Å². The average Bonchev–Trinajstić information content (AvgIpc) is 3.34. The zero-order valence-electron chi connectivity index (χ0n) is 28.7. The summed E-state index contributed by atoms with van der Waals surface area (Å²) >= 11 is 0. The fraction of sp³-hybridized carbons (Fsp3) is 0.244. The normalized spacial score (nSPS) is 13.7. The second kappa shape index (κ2) is 11.8. The number of hydrogen-bond acceptors (Lipinski definition) is 0. The zero-order valence-corrected chi connectivity index (χ0v) is 28.7. The fourth-order valence-corrected chi connectivity index (χ4v) is 7.29. The predicted octanol–water partition coefficient (Wildman–Crippen LogP) is 12.1. The van der Waals surface area contributed by atoms with Crippen LogP contribution in [0.3, 0.4) is 0 Å². The maximum absolute atomic E-state index is 2.45. The summed E-state index contributed by atoms with van der Waals surface area (Å²) in [6.07, 6.45) is 0. The van der Waals surface area contributed by atoms with Gasteiger partial charge in [0.15, 0.2) is 0 Å². The van der Waals surface area contributed by atoms with E-state index in [1.54, 1.807) is 0 Å². The largest absolute Gasteiger partial charge is 0.0590 e. The van der Waals surface area contributed by atoms with Gasteiger partial charge in [-0.05, 0) is 147 Å². The van der Waals surface area contributed by atoms with Crippen LogP contribution in [0.5, 0.6) is 0 Å². The third-order valence-electron chi connectivity index (χ3n) is 9.80. The van der Waals surface area contributed by atoms with E-state index in [2.05, 4.69) is 160 Å². The van der Waals surface area contributed by atoms with Crippen molar-refractivity contribution in [1.29, 1.82) is 0 Å². The molecule has 0 N–H and O–H groups in total. The lowest BCUT2D eigenvalue weighted by Gasteiger charge is -2.26. The van der Waals surface area contributed by atoms with E-state index in [-0.39, 0.29) is 5.92 Å². The van der Waals surface area contributed by atoms with Gasteiger partial charge in [-0.2, -0.15) is 0 Å². The first-order chi connectivity index (χ1) is 21.4. The Kier molecular flexibility index (Phi) is 8.04. The Morgan fingerprint density at radius 3 is 0.978 bits per heavy atom. The number of hydrogen-bond donors (Lipinski definition) is 0. The number of allylic oxidation sites excluding steroid dienone is 4.